The Bertz CT molecular complexity index is 902. The van der Waals surface area contributed by atoms with E-state index < -0.39 is 17.5 Å². The van der Waals surface area contributed by atoms with Crippen LogP contribution in [-0.2, 0) is 0 Å². The molecular formula is C17H13F2NO3. The molecule has 118 valence electrons. The zero-order chi connectivity index (χ0) is 16.6. The molecule has 4 nitrogen and oxygen atoms in total. The number of amides is 1. The summed E-state index contributed by atoms with van der Waals surface area (Å²) < 4.78 is 37.2. The summed E-state index contributed by atoms with van der Waals surface area (Å²) in [7, 11) is 1.54. The number of furan rings is 1. The summed E-state index contributed by atoms with van der Waals surface area (Å²) in [5, 5.41) is 3.11. The van der Waals surface area contributed by atoms with Crippen molar-refractivity contribution in [2.24, 2.45) is 0 Å². The van der Waals surface area contributed by atoms with E-state index in [9.17, 15) is 13.6 Å². The highest BCUT2D eigenvalue weighted by atomic mass is 19.1. The van der Waals surface area contributed by atoms with Crippen molar-refractivity contribution in [1.82, 2.24) is 0 Å². The van der Waals surface area contributed by atoms with E-state index in [4.69, 9.17) is 9.15 Å². The molecule has 0 aliphatic heterocycles. The highest BCUT2D eigenvalue weighted by molar-refractivity contribution is 6.06. The van der Waals surface area contributed by atoms with Gasteiger partial charge in [0.2, 0.25) is 0 Å². The molecule has 0 atom stereocenters. The molecular weight excluding hydrogens is 304 g/mol. The fourth-order valence-electron chi connectivity index (χ4n) is 2.31. The molecule has 0 aliphatic rings. The highest BCUT2D eigenvalue weighted by Gasteiger charge is 2.19. The highest BCUT2D eigenvalue weighted by Crippen LogP contribution is 2.29. The second-order valence-electron chi connectivity index (χ2n) is 5.00. The molecule has 2 aromatic carbocycles. The summed E-state index contributed by atoms with van der Waals surface area (Å²) in [4.78, 5) is 12.3. The van der Waals surface area contributed by atoms with Crippen LogP contribution < -0.4 is 10.1 Å². The minimum absolute atomic E-state index is 0.0666. The number of anilines is 1. The average molecular weight is 317 g/mol. The van der Waals surface area contributed by atoms with Crippen LogP contribution in [0.25, 0.3) is 11.0 Å². The van der Waals surface area contributed by atoms with Crippen LogP contribution in [0.2, 0.25) is 0 Å². The summed E-state index contributed by atoms with van der Waals surface area (Å²) in [5.41, 5.74) is 1.01. The van der Waals surface area contributed by atoms with E-state index in [2.05, 4.69) is 5.32 Å². The van der Waals surface area contributed by atoms with Gasteiger partial charge in [-0.2, -0.15) is 0 Å². The Kier molecular flexibility index (Phi) is 3.73. The van der Waals surface area contributed by atoms with Gasteiger partial charge >= 0.3 is 0 Å². The number of aryl methyl sites for hydroxylation is 1. The first-order valence-corrected chi connectivity index (χ1v) is 6.83. The van der Waals surface area contributed by atoms with Gasteiger partial charge in [0.05, 0.1) is 12.8 Å². The number of rotatable bonds is 3. The smallest absolute Gasteiger partial charge is 0.291 e. The number of ether oxygens (including phenoxy) is 1. The lowest BCUT2D eigenvalue weighted by atomic mass is 10.1. The first kappa shape index (κ1) is 15.0. The number of benzene rings is 2. The van der Waals surface area contributed by atoms with Crippen molar-refractivity contribution in [2.75, 3.05) is 12.4 Å². The van der Waals surface area contributed by atoms with E-state index in [0.29, 0.717) is 23.0 Å². The molecule has 0 saturated heterocycles. The third-order valence-electron chi connectivity index (χ3n) is 3.53. The Labute approximate surface area is 130 Å². The third-order valence-corrected chi connectivity index (χ3v) is 3.53. The van der Waals surface area contributed by atoms with Crippen molar-refractivity contribution in [3.8, 4) is 5.75 Å². The normalized spacial score (nSPS) is 10.8. The van der Waals surface area contributed by atoms with E-state index in [1.807, 2.05) is 0 Å². The number of hydrogen-bond donors (Lipinski definition) is 1. The van der Waals surface area contributed by atoms with E-state index in [1.54, 1.807) is 32.2 Å². The number of carbonyl (C=O) groups excluding carboxylic acids is 1. The molecule has 0 radical (unpaired) electrons. The van der Waals surface area contributed by atoms with Gasteiger partial charge in [-0.15, -0.1) is 0 Å². The molecule has 6 heteroatoms. The number of hydrogen-bond acceptors (Lipinski definition) is 3. The average Bonchev–Trinajstić information content (AvgIpc) is 2.86. The third kappa shape index (κ3) is 2.75. The van der Waals surface area contributed by atoms with Crippen LogP contribution in [0.1, 0.15) is 16.1 Å². The van der Waals surface area contributed by atoms with Gasteiger partial charge in [0.25, 0.3) is 5.91 Å². The molecule has 3 aromatic rings. The zero-order valence-corrected chi connectivity index (χ0v) is 12.4. The number of fused-ring (bicyclic) bond motifs is 1. The maximum absolute atomic E-state index is 13.6. The Hall–Kier alpha value is -2.89. The monoisotopic (exact) mass is 317 g/mol. The van der Waals surface area contributed by atoms with Crippen molar-refractivity contribution in [1.29, 1.82) is 0 Å². The number of methoxy groups -OCH3 is 1. The van der Waals surface area contributed by atoms with Gasteiger partial charge in [0.1, 0.15) is 23.0 Å². The van der Waals surface area contributed by atoms with Crippen molar-refractivity contribution >= 4 is 22.6 Å². The number of halogens is 2. The largest absolute Gasteiger partial charge is 0.497 e. The molecule has 1 aromatic heterocycles. The fraction of sp³-hybridized carbons (Fsp3) is 0.118. The van der Waals surface area contributed by atoms with Crippen LogP contribution in [0.4, 0.5) is 14.5 Å². The van der Waals surface area contributed by atoms with Crippen LogP contribution in [0.3, 0.4) is 0 Å². The van der Waals surface area contributed by atoms with Crippen LogP contribution in [-0.4, -0.2) is 13.0 Å². The maximum Gasteiger partial charge on any atom is 0.291 e. The van der Waals surface area contributed by atoms with Crippen LogP contribution in [0, 0.1) is 18.6 Å². The van der Waals surface area contributed by atoms with Gasteiger partial charge in [0, 0.05) is 17.0 Å². The van der Waals surface area contributed by atoms with Gasteiger partial charge in [0.15, 0.2) is 5.76 Å². The van der Waals surface area contributed by atoms with Gasteiger partial charge in [-0.1, -0.05) is 0 Å². The minimum Gasteiger partial charge on any atom is -0.497 e. The van der Waals surface area contributed by atoms with E-state index >= 15 is 0 Å². The first-order valence-electron chi connectivity index (χ1n) is 6.83. The fourth-order valence-corrected chi connectivity index (χ4v) is 2.31. The molecule has 0 saturated carbocycles. The first-order chi connectivity index (χ1) is 11.0. The van der Waals surface area contributed by atoms with Gasteiger partial charge in [-0.25, -0.2) is 8.78 Å². The van der Waals surface area contributed by atoms with Crippen LogP contribution in [0.15, 0.2) is 40.8 Å². The Morgan fingerprint density at radius 3 is 2.65 bits per heavy atom. The summed E-state index contributed by atoms with van der Waals surface area (Å²) in [6.45, 7) is 1.72. The van der Waals surface area contributed by atoms with Crippen LogP contribution in [0.5, 0.6) is 5.75 Å². The molecule has 1 N–H and O–H groups in total. The second kappa shape index (κ2) is 5.72. The summed E-state index contributed by atoms with van der Waals surface area (Å²) in [5.74, 6) is -1.47. The quantitative estimate of drug-likeness (QED) is 0.784. The summed E-state index contributed by atoms with van der Waals surface area (Å²) in [6, 6.07) is 8.08. The Morgan fingerprint density at radius 1 is 1.17 bits per heavy atom. The molecule has 0 bridgehead atoms. The lowest BCUT2D eigenvalue weighted by Gasteiger charge is -2.05. The molecule has 3 rings (SSSR count). The molecule has 1 amide bonds. The predicted octanol–water partition coefficient (Wildman–Crippen LogP) is 4.28. The number of nitrogens with one attached hydrogen (secondary N) is 1. The van der Waals surface area contributed by atoms with Gasteiger partial charge < -0.3 is 14.5 Å². The lowest BCUT2D eigenvalue weighted by molar-refractivity contribution is 0.0997. The molecule has 0 spiro atoms. The van der Waals surface area contributed by atoms with Crippen molar-refractivity contribution in [3.05, 3.63) is 59.4 Å². The summed E-state index contributed by atoms with van der Waals surface area (Å²) >= 11 is 0. The number of carbonyl (C=O) groups is 1. The standard InChI is InChI=1S/C17H13F2NO3/c1-9-12-8-11(22-2)4-6-15(12)23-16(9)17(21)20-14-5-3-10(18)7-13(14)19/h3-8H,1-2H3,(H,20,21). The Balaban J connectivity index is 1.96. The molecule has 1 heterocycles. The van der Waals surface area contributed by atoms with Gasteiger partial charge in [-0.3, -0.25) is 4.79 Å². The van der Waals surface area contributed by atoms with Crippen LogP contribution >= 0.6 is 0 Å². The SMILES string of the molecule is COc1ccc2oc(C(=O)Nc3ccc(F)cc3F)c(C)c2c1. The molecule has 0 aliphatic carbocycles. The maximum atomic E-state index is 13.6. The minimum atomic E-state index is -0.853. The van der Waals surface area contributed by atoms with E-state index in [1.165, 1.54) is 0 Å². The van der Waals surface area contributed by atoms with Crippen molar-refractivity contribution in [3.63, 3.8) is 0 Å². The van der Waals surface area contributed by atoms with Crippen molar-refractivity contribution in [2.45, 2.75) is 6.92 Å². The predicted molar refractivity (Wildman–Crippen MR) is 81.8 cm³/mol. The molecule has 0 fully saturated rings. The van der Waals surface area contributed by atoms with E-state index in [0.717, 1.165) is 17.5 Å². The van der Waals surface area contributed by atoms with Gasteiger partial charge in [-0.05, 0) is 37.3 Å². The molecule has 23 heavy (non-hydrogen) atoms. The van der Waals surface area contributed by atoms with Crippen molar-refractivity contribution < 1.29 is 22.7 Å². The second-order valence-corrected chi connectivity index (χ2v) is 5.00. The summed E-state index contributed by atoms with van der Waals surface area (Å²) in [6.07, 6.45) is 0. The topological polar surface area (TPSA) is 51.5 Å². The molecule has 0 unspecified atom stereocenters. The van der Waals surface area contributed by atoms with E-state index in [-0.39, 0.29) is 11.4 Å². The zero-order valence-electron chi connectivity index (χ0n) is 12.4. The lowest BCUT2D eigenvalue weighted by Crippen LogP contribution is -2.13. The Morgan fingerprint density at radius 2 is 1.96 bits per heavy atom.